The number of nitrogens with one attached hydrogen (secondary N) is 2. The highest BCUT2D eigenvalue weighted by Crippen LogP contribution is 2.41. The number of aryl methyl sites for hydroxylation is 1. The fraction of sp³-hybridized carbons (Fsp3) is 0.625. The molecule has 5 rings (SSSR count). The van der Waals surface area contributed by atoms with Crippen molar-refractivity contribution in [1.29, 1.82) is 0 Å². The van der Waals surface area contributed by atoms with Crippen LogP contribution in [0.4, 0.5) is 11.4 Å². The molecule has 340 valence electrons. The smallest absolute Gasteiger partial charge is 0.245 e. The van der Waals surface area contributed by atoms with E-state index in [0.29, 0.717) is 51.9 Å². The van der Waals surface area contributed by atoms with Crippen LogP contribution in [0.25, 0.3) is 0 Å². The number of benzene rings is 2. The van der Waals surface area contributed by atoms with Gasteiger partial charge in [0, 0.05) is 60.4 Å². The van der Waals surface area contributed by atoms with E-state index in [2.05, 4.69) is 26.5 Å². The van der Waals surface area contributed by atoms with Gasteiger partial charge in [0.2, 0.25) is 17.7 Å². The van der Waals surface area contributed by atoms with Crippen LogP contribution in [-0.2, 0) is 27.3 Å². The molecular formula is C40H57Cl2N5O13S. The Labute approximate surface area is 367 Å². The summed E-state index contributed by atoms with van der Waals surface area (Å²) in [5.41, 5.74) is 3.31. The Hall–Kier alpha value is -2.86. The lowest BCUT2D eigenvalue weighted by atomic mass is 9.96. The Morgan fingerprint density at radius 1 is 0.738 bits per heavy atom. The van der Waals surface area contributed by atoms with E-state index in [1.54, 1.807) is 23.9 Å². The molecule has 0 aromatic heterocycles. The molecule has 9 atom stereocenters. The van der Waals surface area contributed by atoms with Crippen LogP contribution >= 0.6 is 35.0 Å². The molecule has 0 radical (unpaired) electrons. The van der Waals surface area contributed by atoms with Crippen LogP contribution in [0.15, 0.2) is 36.4 Å². The fourth-order valence-corrected chi connectivity index (χ4v) is 9.20. The van der Waals surface area contributed by atoms with E-state index < -0.39 is 92.9 Å². The zero-order valence-electron chi connectivity index (χ0n) is 33.4. The Bertz CT molecular complexity index is 1760. The SMILES string of the molecule is O=C(NC[C@@H](O)[C@H](O)[C@@H](O)[C@@H](O)CO)C(CCCc1cc(Cl)c(CN2CSC[C@H]2C(=O)N2CCN(C3CC3)c3ccccc32)cc1Cl)C(=O)NC[C@@H](O)[C@H](O)[C@@H](O)[C@@H](O)CO. The number of carbonyl (C=O) groups excluding carboxylic acids is 3. The highest BCUT2D eigenvalue weighted by Gasteiger charge is 2.40. The van der Waals surface area contributed by atoms with Crippen LogP contribution in [0.1, 0.15) is 36.8 Å². The van der Waals surface area contributed by atoms with Gasteiger partial charge in [-0.15, -0.1) is 11.8 Å². The molecule has 12 N–H and O–H groups in total. The zero-order chi connectivity index (χ0) is 44.5. The summed E-state index contributed by atoms with van der Waals surface area (Å²) in [5.74, 6) is -2.10. The molecule has 0 spiro atoms. The molecule has 2 heterocycles. The van der Waals surface area contributed by atoms with E-state index in [9.17, 15) is 55.2 Å². The van der Waals surface area contributed by atoms with Crippen molar-refractivity contribution in [2.45, 2.75) is 99.6 Å². The number of aliphatic hydroxyl groups is 10. The van der Waals surface area contributed by atoms with Gasteiger partial charge >= 0.3 is 0 Å². The minimum absolute atomic E-state index is 0.0296. The average Bonchev–Trinajstić information content (AvgIpc) is 4.01. The lowest BCUT2D eigenvalue weighted by Crippen LogP contribution is -2.52. The van der Waals surface area contributed by atoms with Crippen LogP contribution in [0.2, 0.25) is 10.0 Å². The van der Waals surface area contributed by atoms with E-state index in [1.807, 2.05) is 23.1 Å². The third-order valence-electron chi connectivity index (χ3n) is 11.3. The normalized spacial score (nSPS) is 21.0. The molecule has 1 aliphatic carbocycles. The summed E-state index contributed by atoms with van der Waals surface area (Å²) in [6.45, 7) is -1.45. The predicted octanol–water partition coefficient (Wildman–Crippen LogP) is -2.07. The van der Waals surface area contributed by atoms with Gasteiger partial charge in [-0.25, -0.2) is 0 Å². The number of fused-ring (bicyclic) bond motifs is 1. The zero-order valence-corrected chi connectivity index (χ0v) is 35.7. The van der Waals surface area contributed by atoms with Crippen molar-refractivity contribution >= 4 is 64.1 Å². The Balaban J connectivity index is 1.22. The van der Waals surface area contributed by atoms with Gasteiger partial charge in [-0.1, -0.05) is 35.3 Å². The minimum atomic E-state index is -1.98. The summed E-state index contributed by atoms with van der Waals surface area (Å²) in [5, 5.41) is 104. The van der Waals surface area contributed by atoms with E-state index >= 15 is 0 Å². The van der Waals surface area contributed by atoms with Crippen molar-refractivity contribution in [3.63, 3.8) is 0 Å². The predicted molar refractivity (Wildman–Crippen MR) is 227 cm³/mol. The summed E-state index contributed by atoms with van der Waals surface area (Å²) >= 11 is 15.2. The molecule has 2 aliphatic heterocycles. The van der Waals surface area contributed by atoms with Crippen molar-refractivity contribution in [1.82, 2.24) is 15.5 Å². The van der Waals surface area contributed by atoms with Gasteiger partial charge in [-0.05, 0) is 67.5 Å². The van der Waals surface area contributed by atoms with Gasteiger partial charge in [-0.2, -0.15) is 0 Å². The maximum Gasteiger partial charge on any atom is 0.245 e. The second kappa shape index (κ2) is 22.7. The molecule has 2 fully saturated rings. The molecule has 3 amide bonds. The van der Waals surface area contributed by atoms with Gasteiger partial charge in [0.25, 0.3) is 0 Å². The van der Waals surface area contributed by atoms with Crippen LogP contribution < -0.4 is 20.4 Å². The summed E-state index contributed by atoms with van der Waals surface area (Å²) in [6.07, 6.45) is -12.5. The molecule has 61 heavy (non-hydrogen) atoms. The number of hydrogen-bond donors (Lipinski definition) is 12. The molecule has 2 aromatic carbocycles. The molecule has 2 aromatic rings. The van der Waals surface area contributed by atoms with Gasteiger partial charge in [-0.3, -0.25) is 19.3 Å². The van der Waals surface area contributed by atoms with Crippen molar-refractivity contribution in [3.05, 3.63) is 57.6 Å². The number of halogens is 2. The first-order valence-corrected chi connectivity index (χ1v) is 22.2. The number of aliphatic hydroxyl groups excluding tert-OH is 10. The molecule has 21 heteroatoms. The van der Waals surface area contributed by atoms with Gasteiger partial charge in [0.05, 0.1) is 42.8 Å². The first-order valence-electron chi connectivity index (χ1n) is 20.2. The number of rotatable bonds is 22. The summed E-state index contributed by atoms with van der Waals surface area (Å²) in [7, 11) is 0. The van der Waals surface area contributed by atoms with Crippen LogP contribution in [-0.4, -0.2) is 186 Å². The van der Waals surface area contributed by atoms with Crippen molar-refractivity contribution < 1.29 is 65.4 Å². The third kappa shape index (κ3) is 12.4. The number of para-hydroxylation sites is 2. The van der Waals surface area contributed by atoms with E-state index in [4.69, 9.17) is 33.4 Å². The maximum atomic E-state index is 14.1. The number of nitrogens with zero attached hydrogens (tertiary/aromatic N) is 3. The monoisotopic (exact) mass is 917 g/mol. The largest absolute Gasteiger partial charge is 0.394 e. The molecule has 0 bridgehead atoms. The highest BCUT2D eigenvalue weighted by molar-refractivity contribution is 7.99. The quantitative estimate of drug-likeness (QED) is 0.0565. The van der Waals surface area contributed by atoms with Gasteiger partial charge in [0.1, 0.15) is 42.5 Å². The first-order chi connectivity index (χ1) is 29.1. The molecule has 0 unspecified atom stereocenters. The minimum Gasteiger partial charge on any atom is -0.394 e. The standard InChI is InChI=1S/C40H57Cl2N5O13S/c41-25-13-22(16-45-20-61-19-29(45)40(60)47-11-10-46(23-8-9-23)27-6-1-2-7-28(27)47)26(42)12-21(25)4-3-5-24(38(58)43-14-30(50)34(54)36(56)32(52)17-48)39(59)44-15-31(51)35(55)37(57)33(53)18-49/h1-2,6-7,12-13,23-24,29-37,48-57H,3-5,8-11,14-20H2,(H,43,58)(H,44,59)/t29-,30+,31+,32-,33-,34-,35-,36-,37-/m0/s1. The lowest BCUT2D eigenvalue weighted by Gasteiger charge is -2.39. The molecular weight excluding hydrogens is 861 g/mol. The summed E-state index contributed by atoms with van der Waals surface area (Å²) in [6, 6.07) is 11.6. The van der Waals surface area contributed by atoms with Crippen LogP contribution in [0.3, 0.4) is 0 Å². The summed E-state index contributed by atoms with van der Waals surface area (Å²) < 4.78 is 0. The van der Waals surface area contributed by atoms with Crippen LogP contribution in [0, 0.1) is 5.92 Å². The number of anilines is 2. The molecule has 1 saturated carbocycles. The molecule has 18 nitrogen and oxygen atoms in total. The molecule has 3 aliphatic rings. The lowest BCUT2D eigenvalue weighted by molar-refractivity contribution is -0.138. The van der Waals surface area contributed by atoms with Gasteiger partial charge in [0.15, 0.2) is 0 Å². The number of carbonyl (C=O) groups is 3. The van der Waals surface area contributed by atoms with Crippen molar-refractivity contribution in [2.75, 3.05) is 60.8 Å². The Morgan fingerprint density at radius 2 is 1.26 bits per heavy atom. The number of thioether (sulfide) groups is 1. The number of amides is 3. The number of hydrogen-bond acceptors (Lipinski definition) is 16. The van der Waals surface area contributed by atoms with Crippen molar-refractivity contribution in [3.8, 4) is 0 Å². The van der Waals surface area contributed by atoms with E-state index in [1.165, 1.54) is 0 Å². The summed E-state index contributed by atoms with van der Waals surface area (Å²) in [4.78, 5) is 47.1. The Kier molecular flexibility index (Phi) is 18.3. The second-order valence-corrected chi connectivity index (χ2v) is 17.5. The first kappa shape index (κ1) is 49.2. The highest BCUT2D eigenvalue weighted by atomic mass is 35.5. The second-order valence-electron chi connectivity index (χ2n) is 15.7. The van der Waals surface area contributed by atoms with E-state index in [0.717, 1.165) is 30.8 Å². The molecule has 1 saturated heterocycles. The third-order valence-corrected chi connectivity index (χ3v) is 13.1. The van der Waals surface area contributed by atoms with E-state index in [-0.39, 0.29) is 31.2 Å². The van der Waals surface area contributed by atoms with Gasteiger partial charge < -0.3 is 71.5 Å². The Morgan fingerprint density at radius 3 is 1.82 bits per heavy atom. The van der Waals surface area contributed by atoms with Crippen molar-refractivity contribution in [2.24, 2.45) is 5.92 Å². The topological polar surface area (TPSA) is 287 Å². The average molecular weight is 919 g/mol. The fourth-order valence-electron chi connectivity index (χ4n) is 7.48. The van der Waals surface area contributed by atoms with Crippen LogP contribution in [0.5, 0.6) is 0 Å². The maximum absolute atomic E-state index is 14.1.